The molecular formula is C11H24. The van der Waals surface area contributed by atoms with E-state index in [0.29, 0.717) is 0 Å². The normalized spacial score (nSPS) is 16.9. The molecule has 0 heterocycles. The van der Waals surface area contributed by atoms with Crippen molar-refractivity contribution in [2.75, 3.05) is 0 Å². The zero-order valence-corrected chi connectivity index (χ0v) is 8.85. The first kappa shape index (κ1) is 11.0. The monoisotopic (exact) mass is 156 g/mol. The lowest BCUT2D eigenvalue weighted by Gasteiger charge is -2.18. The van der Waals surface area contributed by atoms with Crippen LogP contribution in [0.2, 0.25) is 0 Å². The van der Waals surface area contributed by atoms with Gasteiger partial charge in [0.05, 0.1) is 0 Å². The van der Waals surface area contributed by atoms with E-state index in [2.05, 4.69) is 34.6 Å². The van der Waals surface area contributed by atoms with Crippen LogP contribution < -0.4 is 0 Å². The fourth-order valence-electron chi connectivity index (χ4n) is 1.28. The topological polar surface area (TPSA) is 0 Å². The minimum Gasteiger partial charge on any atom is -0.0651 e. The molecule has 2 unspecified atom stereocenters. The second kappa shape index (κ2) is 5.62. The average molecular weight is 156 g/mol. The predicted octanol–water partition coefficient (Wildman–Crippen LogP) is 4.10. The maximum atomic E-state index is 2.39. The van der Waals surface area contributed by atoms with Gasteiger partial charge in [0, 0.05) is 0 Å². The second-order valence-electron chi connectivity index (χ2n) is 4.33. The maximum Gasteiger partial charge on any atom is -0.0417 e. The molecule has 0 rings (SSSR count). The molecule has 0 spiro atoms. The molecule has 0 aromatic rings. The Morgan fingerprint density at radius 3 is 1.73 bits per heavy atom. The third-order valence-corrected chi connectivity index (χ3v) is 2.81. The van der Waals surface area contributed by atoms with E-state index in [1.807, 2.05) is 0 Å². The van der Waals surface area contributed by atoms with Crippen LogP contribution in [-0.2, 0) is 0 Å². The molecule has 68 valence electrons. The molecule has 0 saturated heterocycles. The molecule has 0 amide bonds. The van der Waals surface area contributed by atoms with E-state index < -0.39 is 0 Å². The van der Waals surface area contributed by atoms with Gasteiger partial charge in [-0.2, -0.15) is 0 Å². The highest BCUT2D eigenvalue weighted by Gasteiger charge is 2.09. The highest BCUT2D eigenvalue weighted by atomic mass is 14.2. The van der Waals surface area contributed by atoms with E-state index in [4.69, 9.17) is 0 Å². The Bertz CT molecular complexity index is 84.0. The number of hydrogen-bond donors (Lipinski definition) is 0. The van der Waals surface area contributed by atoms with Gasteiger partial charge in [-0.3, -0.25) is 0 Å². The Labute approximate surface area is 72.4 Å². The number of hydrogen-bond acceptors (Lipinski definition) is 0. The minimum absolute atomic E-state index is 0.876. The molecule has 0 aliphatic heterocycles. The second-order valence-corrected chi connectivity index (χ2v) is 4.33. The van der Waals surface area contributed by atoms with Crippen molar-refractivity contribution in [3.8, 4) is 0 Å². The molecule has 0 N–H and O–H groups in total. The van der Waals surface area contributed by atoms with E-state index in [9.17, 15) is 0 Å². The van der Waals surface area contributed by atoms with Crippen molar-refractivity contribution >= 4 is 0 Å². The van der Waals surface area contributed by atoms with Crippen molar-refractivity contribution in [1.82, 2.24) is 0 Å². The molecule has 0 bridgehead atoms. The fourth-order valence-corrected chi connectivity index (χ4v) is 1.28. The zero-order chi connectivity index (χ0) is 8.85. The van der Waals surface area contributed by atoms with Crippen molar-refractivity contribution in [3.63, 3.8) is 0 Å². The van der Waals surface area contributed by atoms with Gasteiger partial charge in [-0.05, 0) is 17.8 Å². The van der Waals surface area contributed by atoms with Gasteiger partial charge in [0.15, 0.2) is 0 Å². The lowest BCUT2D eigenvalue weighted by atomic mass is 9.88. The van der Waals surface area contributed by atoms with Crippen LogP contribution in [0, 0.1) is 17.8 Å². The van der Waals surface area contributed by atoms with Crippen LogP contribution >= 0.6 is 0 Å². The first-order chi connectivity index (χ1) is 5.07. The van der Waals surface area contributed by atoms with Crippen molar-refractivity contribution in [2.24, 2.45) is 17.8 Å². The average Bonchev–Trinajstić information content (AvgIpc) is 1.98. The van der Waals surface area contributed by atoms with Gasteiger partial charge in [-0.1, -0.05) is 53.9 Å². The highest BCUT2D eigenvalue weighted by Crippen LogP contribution is 2.21. The Balaban J connectivity index is 3.43. The lowest BCUT2D eigenvalue weighted by Crippen LogP contribution is -2.07. The summed E-state index contributed by atoms with van der Waals surface area (Å²) in [6.07, 6.45) is 4.14. The molecule has 0 aromatic carbocycles. The van der Waals surface area contributed by atoms with Crippen molar-refractivity contribution in [2.45, 2.75) is 53.9 Å². The molecule has 2 atom stereocenters. The van der Waals surface area contributed by atoms with Gasteiger partial charge in [-0.25, -0.2) is 0 Å². The van der Waals surface area contributed by atoms with Gasteiger partial charge < -0.3 is 0 Å². The third kappa shape index (κ3) is 5.29. The van der Waals surface area contributed by atoms with Crippen LogP contribution in [0.1, 0.15) is 53.9 Å². The SMILES string of the molecule is CCC(C)C(C)CCC(C)C. The van der Waals surface area contributed by atoms with Crippen molar-refractivity contribution in [3.05, 3.63) is 0 Å². The Morgan fingerprint density at radius 2 is 1.36 bits per heavy atom. The van der Waals surface area contributed by atoms with Crippen molar-refractivity contribution in [1.29, 1.82) is 0 Å². The summed E-state index contributed by atoms with van der Waals surface area (Å²) in [5.74, 6) is 2.71. The van der Waals surface area contributed by atoms with E-state index in [-0.39, 0.29) is 0 Å². The van der Waals surface area contributed by atoms with Crippen LogP contribution in [-0.4, -0.2) is 0 Å². The predicted molar refractivity (Wildman–Crippen MR) is 52.7 cm³/mol. The fraction of sp³-hybridized carbons (Fsp3) is 1.00. The summed E-state index contributed by atoms with van der Waals surface area (Å²) in [5, 5.41) is 0. The van der Waals surface area contributed by atoms with Gasteiger partial charge in [0.1, 0.15) is 0 Å². The molecule has 0 aliphatic carbocycles. The van der Waals surface area contributed by atoms with Crippen LogP contribution in [0.15, 0.2) is 0 Å². The Morgan fingerprint density at radius 1 is 0.818 bits per heavy atom. The van der Waals surface area contributed by atoms with Gasteiger partial charge >= 0.3 is 0 Å². The molecular weight excluding hydrogens is 132 g/mol. The summed E-state index contributed by atoms with van der Waals surface area (Å²) in [5.41, 5.74) is 0. The number of rotatable bonds is 5. The van der Waals surface area contributed by atoms with Crippen LogP contribution in [0.5, 0.6) is 0 Å². The van der Waals surface area contributed by atoms with E-state index in [1.165, 1.54) is 19.3 Å². The smallest absolute Gasteiger partial charge is 0.0417 e. The van der Waals surface area contributed by atoms with Crippen LogP contribution in [0.3, 0.4) is 0 Å². The van der Waals surface area contributed by atoms with Crippen LogP contribution in [0.4, 0.5) is 0 Å². The molecule has 0 saturated carbocycles. The molecule has 0 aliphatic rings. The molecule has 11 heavy (non-hydrogen) atoms. The van der Waals surface area contributed by atoms with Gasteiger partial charge in [0.25, 0.3) is 0 Å². The third-order valence-electron chi connectivity index (χ3n) is 2.81. The van der Waals surface area contributed by atoms with E-state index >= 15 is 0 Å². The van der Waals surface area contributed by atoms with Crippen molar-refractivity contribution < 1.29 is 0 Å². The maximum absolute atomic E-state index is 2.39. The summed E-state index contributed by atoms with van der Waals surface area (Å²) in [6.45, 7) is 11.7. The first-order valence-electron chi connectivity index (χ1n) is 5.07. The Kier molecular flexibility index (Phi) is 5.62. The Hall–Kier alpha value is 0. The van der Waals surface area contributed by atoms with E-state index in [1.54, 1.807) is 0 Å². The molecule has 0 fully saturated rings. The molecule has 0 radical (unpaired) electrons. The summed E-state index contributed by atoms with van der Waals surface area (Å²) < 4.78 is 0. The quantitative estimate of drug-likeness (QED) is 0.562. The minimum atomic E-state index is 0.876. The summed E-state index contributed by atoms with van der Waals surface area (Å²) >= 11 is 0. The lowest BCUT2D eigenvalue weighted by molar-refractivity contribution is 0.330. The summed E-state index contributed by atoms with van der Waals surface area (Å²) in [6, 6.07) is 0. The zero-order valence-electron chi connectivity index (χ0n) is 8.85. The standard InChI is InChI=1S/C11H24/c1-6-10(4)11(5)8-7-9(2)3/h9-11H,6-8H2,1-5H3. The van der Waals surface area contributed by atoms with E-state index in [0.717, 1.165) is 17.8 Å². The summed E-state index contributed by atoms with van der Waals surface area (Å²) in [4.78, 5) is 0. The van der Waals surface area contributed by atoms with Crippen LogP contribution in [0.25, 0.3) is 0 Å². The highest BCUT2D eigenvalue weighted by molar-refractivity contribution is 4.61. The van der Waals surface area contributed by atoms with Gasteiger partial charge in [0.2, 0.25) is 0 Å². The molecule has 0 heteroatoms. The largest absolute Gasteiger partial charge is 0.0651 e. The molecule has 0 aromatic heterocycles. The summed E-state index contributed by atoms with van der Waals surface area (Å²) in [7, 11) is 0. The van der Waals surface area contributed by atoms with Gasteiger partial charge in [-0.15, -0.1) is 0 Å². The first-order valence-corrected chi connectivity index (χ1v) is 5.07. The molecule has 0 nitrogen and oxygen atoms in total.